The summed E-state index contributed by atoms with van der Waals surface area (Å²) in [5.74, 6) is 0.114. The normalized spacial score (nSPS) is 20.2. The standard InChI is InChI=1S/C20H25N3OS/c1-25-19-10-6-5-9-18(19)21-20(24)16-23-13-11-22(12-14-23)15-17-7-3-2-4-8-17/h2-10H,11-16H2,1H3,(H,21,24)/p+2. The van der Waals surface area contributed by atoms with Gasteiger partial charge in [0.1, 0.15) is 32.7 Å². The van der Waals surface area contributed by atoms with Crippen molar-refractivity contribution in [2.75, 3.05) is 44.3 Å². The third kappa shape index (κ3) is 5.33. The maximum atomic E-state index is 12.4. The Bertz CT molecular complexity index is 684. The maximum absolute atomic E-state index is 12.4. The minimum Gasteiger partial charge on any atom is -0.322 e. The highest BCUT2D eigenvalue weighted by Gasteiger charge is 2.25. The smallest absolute Gasteiger partial charge is 0.279 e. The Labute approximate surface area is 154 Å². The van der Waals surface area contributed by atoms with Crippen LogP contribution in [-0.2, 0) is 11.3 Å². The number of thioether (sulfide) groups is 1. The molecule has 0 atom stereocenters. The van der Waals surface area contributed by atoms with E-state index in [9.17, 15) is 4.79 Å². The first kappa shape index (κ1) is 18.0. The molecule has 0 aliphatic carbocycles. The van der Waals surface area contributed by atoms with E-state index < -0.39 is 0 Å². The summed E-state index contributed by atoms with van der Waals surface area (Å²) in [6, 6.07) is 18.6. The van der Waals surface area contributed by atoms with Crippen LogP contribution in [0, 0.1) is 0 Å². The summed E-state index contributed by atoms with van der Waals surface area (Å²) in [6.45, 7) is 6.00. The van der Waals surface area contributed by atoms with Crippen LogP contribution >= 0.6 is 11.8 Å². The number of benzene rings is 2. The number of carbonyl (C=O) groups excluding carboxylic acids is 1. The molecule has 132 valence electrons. The molecule has 1 fully saturated rings. The average molecular weight is 358 g/mol. The summed E-state index contributed by atoms with van der Waals surface area (Å²) in [5, 5.41) is 3.07. The topological polar surface area (TPSA) is 38.0 Å². The van der Waals surface area contributed by atoms with Gasteiger partial charge in [-0.25, -0.2) is 0 Å². The first-order chi connectivity index (χ1) is 12.2. The molecule has 0 unspecified atom stereocenters. The van der Waals surface area contributed by atoms with Gasteiger partial charge in [0.05, 0.1) is 5.69 Å². The van der Waals surface area contributed by atoms with Crippen LogP contribution in [0.1, 0.15) is 5.56 Å². The van der Waals surface area contributed by atoms with Gasteiger partial charge < -0.3 is 15.1 Å². The summed E-state index contributed by atoms with van der Waals surface area (Å²) in [4.78, 5) is 16.5. The van der Waals surface area contributed by atoms with Crippen molar-refractivity contribution in [1.29, 1.82) is 0 Å². The molecule has 3 rings (SSSR count). The van der Waals surface area contributed by atoms with Gasteiger partial charge in [-0.3, -0.25) is 4.79 Å². The minimum absolute atomic E-state index is 0.114. The molecule has 0 spiro atoms. The Kier molecular flexibility index (Phi) is 6.50. The van der Waals surface area contributed by atoms with Crippen LogP contribution in [0.4, 0.5) is 5.69 Å². The molecule has 1 aliphatic heterocycles. The van der Waals surface area contributed by atoms with Gasteiger partial charge in [-0.15, -0.1) is 11.8 Å². The first-order valence-electron chi connectivity index (χ1n) is 8.88. The number of rotatable bonds is 6. The lowest BCUT2D eigenvalue weighted by molar-refractivity contribution is -1.02. The summed E-state index contributed by atoms with van der Waals surface area (Å²) in [6.07, 6.45) is 2.03. The number of quaternary nitrogens is 2. The molecule has 0 aromatic heterocycles. The number of hydrogen-bond acceptors (Lipinski definition) is 2. The van der Waals surface area contributed by atoms with Crippen molar-refractivity contribution in [2.24, 2.45) is 0 Å². The largest absolute Gasteiger partial charge is 0.322 e. The van der Waals surface area contributed by atoms with Gasteiger partial charge in [0.25, 0.3) is 5.91 Å². The number of anilines is 1. The van der Waals surface area contributed by atoms with Crippen LogP contribution in [0.25, 0.3) is 0 Å². The number of para-hydroxylation sites is 1. The molecule has 2 aromatic carbocycles. The van der Waals surface area contributed by atoms with Crippen molar-refractivity contribution in [3.63, 3.8) is 0 Å². The molecule has 4 nitrogen and oxygen atoms in total. The fourth-order valence-corrected chi connectivity index (χ4v) is 3.92. The maximum Gasteiger partial charge on any atom is 0.279 e. The molecule has 5 heteroatoms. The number of piperazine rings is 1. The van der Waals surface area contributed by atoms with Crippen molar-refractivity contribution in [3.8, 4) is 0 Å². The van der Waals surface area contributed by atoms with Crippen LogP contribution < -0.4 is 15.1 Å². The fraction of sp³-hybridized carbons (Fsp3) is 0.350. The van der Waals surface area contributed by atoms with E-state index in [-0.39, 0.29) is 5.91 Å². The fourth-order valence-electron chi connectivity index (χ4n) is 3.36. The molecule has 3 N–H and O–H groups in total. The van der Waals surface area contributed by atoms with Gasteiger partial charge in [-0.2, -0.15) is 0 Å². The van der Waals surface area contributed by atoms with Crippen molar-refractivity contribution in [3.05, 3.63) is 60.2 Å². The Morgan fingerprint density at radius 3 is 2.32 bits per heavy atom. The van der Waals surface area contributed by atoms with Gasteiger partial charge in [0.15, 0.2) is 6.54 Å². The molecule has 1 amide bonds. The minimum atomic E-state index is 0.114. The van der Waals surface area contributed by atoms with Crippen LogP contribution in [0.2, 0.25) is 0 Å². The summed E-state index contributed by atoms with van der Waals surface area (Å²) in [5.41, 5.74) is 2.32. The number of hydrogen-bond donors (Lipinski definition) is 3. The van der Waals surface area contributed by atoms with E-state index in [2.05, 4.69) is 35.6 Å². The summed E-state index contributed by atoms with van der Waals surface area (Å²) >= 11 is 1.66. The van der Waals surface area contributed by atoms with E-state index in [1.165, 1.54) is 10.5 Å². The molecule has 0 bridgehead atoms. The third-order valence-corrected chi connectivity index (χ3v) is 5.55. The van der Waals surface area contributed by atoms with Crippen molar-refractivity contribution in [2.45, 2.75) is 11.4 Å². The summed E-state index contributed by atoms with van der Waals surface area (Å²) in [7, 11) is 0. The molecule has 2 aromatic rings. The highest BCUT2D eigenvalue weighted by molar-refractivity contribution is 7.98. The van der Waals surface area contributed by atoms with Gasteiger partial charge in [0, 0.05) is 10.5 Å². The molecule has 0 saturated carbocycles. The van der Waals surface area contributed by atoms with Gasteiger partial charge in [-0.1, -0.05) is 42.5 Å². The van der Waals surface area contributed by atoms with E-state index >= 15 is 0 Å². The monoisotopic (exact) mass is 357 g/mol. The zero-order chi connectivity index (χ0) is 17.5. The molecule has 1 aliphatic rings. The Hall–Kier alpha value is -1.82. The lowest BCUT2D eigenvalue weighted by Crippen LogP contribution is -3.28. The van der Waals surface area contributed by atoms with E-state index in [4.69, 9.17) is 0 Å². The second-order valence-corrected chi connectivity index (χ2v) is 7.44. The van der Waals surface area contributed by atoms with E-state index in [0.717, 1.165) is 43.3 Å². The summed E-state index contributed by atoms with van der Waals surface area (Å²) < 4.78 is 0. The quantitative estimate of drug-likeness (QED) is 0.652. The second kappa shape index (κ2) is 9.04. The highest BCUT2D eigenvalue weighted by atomic mass is 32.2. The molecule has 1 saturated heterocycles. The van der Waals surface area contributed by atoms with Crippen molar-refractivity contribution in [1.82, 2.24) is 0 Å². The van der Waals surface area contributed by atoms with Gasteiger partial charge >= 0.3 is 0 Å². The average Bonchev–Trinajstić information content (AvgIpc) is 2.64. The lowest BCUT2D eigenvalue weighted by atomic mass is 10.2. The lowest BCUT2D eigenvalue weighted by Gasteiger charge is -2.29. The predicted octanol–water partition coefficient (Wildman–Crippen LogP) is 0.331. The predicted molar refractivity (Wildman–Crippen MR) is 103 cm³/mol. The number of carbonyl (C=O) groups is 1. The molecule has 1 heterocycles. The highest BCUT2D eigenvalue weighted by Crippen LogP contribution is 2.24. The van der Waals surface area contributed by atoms with E-state index in [1.54, 1.807) is 16.7 Å². The SMILES string of the molecule is CSc1ccccc1NC(=O)C[NH+]1CC[NH+](Cc2ccccc2)CC1. The Morgan fingerprint density at radius 2 is 1.60 bits per heavy atom. The Balaban J connectivity index is 1.45. The molecular formula is C20H27N3OS+2. The van der Waals surface area contributed by atoms with Gasteiger partial charge in [0.2, 0.25) is 0 Å². The zero-order valence-electron chi connectivity index (χ0n) is 14.8. The molecular weight excluding hydrogens is 330 g/mol. The van der Waals surface area contributed by atoms with Crippen LogP contribution in [0.3, 0.4) is 0 Å². The zero-order valence-corrected chi connectivity index (χ0v) is 15.6. The van der Waals surface area contributed by atoms with Crippen molar-refractivity contribution >= 4 is 23.4 Å². The van der Waals surface area contributed by atoms with Gasteiger partial charge in [-0.05, 0) is 18.4 Å². The van der Waals surface area contributed by atoms with Crippen LogP contribution in [0.15, 0.2) is 59.5 Å². The first-order valence-corrected chi connectivity index (χ1v) is 10.1. The van der Waals surface area contributed by atoms with Crippen LogP contribution in [0.5, 0.6) is 0 Å². The Morgan fingerprint density at radius 1 is 0.960 bits per heavy atom. The number of nitrogens with one attached hydrogen (secondary N) is 3. The second-order valence-electron chi connectivity index (χ2n) is 6.59. The molecule has 0 radical (unpaired) electrons. The molecule has 25 heavy (non-hydrogen) atoms. The van der Waals surface area contributed by atoms with Crippen molar-refractivity contribution < 1.29 is 14.6 Å². The van der Waals surface area contributed by atoms with E-state index in [1.807, 2.05) is 30.5 Å². The number of amides is 1. The third-order valence-electron chi connectivity index (χ3n) is 4.75. The van der Waals surface area contributed by atoms with Crippen LogP contribution in [-0.4, -0.2) is 44.9 Å². The van der Waals surface area contributed by atoms with E-state index in [0.29, 0.717) is 6.54 Å².